The van der Waals surface area contributed by atoms with Crippen LogP contribution in [0.4, 0.5) is 17.1 Å². The van der Waals surface area contributed by atoms with Gasteiger partial charge in [0.15, 0.2) is 5.17 Å². The molecule has 0 bridgehead atoms. The van der Waals surface area contributed by atoms with Crippen LogP contribution in [0.15, 0.2) is 98.7 Å². The molecule has 0 aromatic heterocycles. The van der Waals surface area contributed by atoms with E-state index in [-0.39, 0.29) is 5.91 Å². The van der Waals surface area contributed by atoms with Gasteiger partial charge in [-0.1, -0.05) is 48.2 Å². The SMILES string of the molecule is COc1ccc2c(c1)N(C)/C(=C1\SC(N(c3ccccc3)c3ccccc3)=NC1=O)S2. The van der Waals surface area contributed by atoms with Crippen molar-refractivity contribution in [2.45, 2.75) is 4.90 Å². The Labute approximate surface area is 189 Å². The van der Waals surface area contributed by atoms with Crippen LogP contribution in [-0.4, -0.2) is 25.2 Å². The standard InChI is InChI=1S/C24H19N3O2S2/c1-26-19-15-18(29-2)13-14-20(19)30-23(26)21-22(28)25-24(31-21)27(16-9-5-3-6-10-16)17-11-7-4-8-12-17/h3-15H,1-2H3/b23-21+. The van der Waals surface area contributed by atoms with Gasteiger partial charge in [0, 0.05) is 29.4 Å². The van der Waals surface area contributed by atoms with E-state index in [9.17, 15) is 4.79 Å². The molecule has 1 amide bonds. The van der Waals surface area contributed by atoms with E-state index >= 15 is 0 Å². The molecule has 2 heterocycles. The summed E-state index contributed by atoms with van der Waals surface area (Å²) in [4.78, 5) is 23.2. The number of hydrogen-bond acceptors (Lipinski definition) is 6. The number of carbonyl (C=O) groups is 1. The van der Waals surface area contributed by atoms with E-state index in [1.807, 2.05) is 95.7 Å². The Hall–Kier alpha value is -3.16. The molecule has 31 heavy (non-hydrogen) atoms. The fourth-order valence-corrected chi connectivity index (χ4v) is 5.78. The summed E-state index contributed by atoms with van der Waals surface area (Å²) in [5.74, 6) is 0.574. The number of hydrogen-bond donors (Lipinski definition) is 0. The highest BCUT2D eigenvalue weighted by Gasteiger charge is 2.35. The van der Waals surface area contributed by atoms with Gasteiger partial charge < -0.3 is 9.64 Å². The maximum atomic E-state index is 13.0. The van der Waals surface area contributed by atoms with Crippen LogP contribution in [0, 0.1) is 0 Å². The summed E-state index contributed by atoms with van der Waals surface area (Å²) in [6, 6.07) is 25.9. The van der Waals surface area contributed by atoms with Crippen LogP contribution in [0.3, 0.4) is 0 Å². The van der Waals surface area contributed by atoms with Crippen molar-refractivity contribution in [2.75, 3.05) is 24.0 Å². The number of amidine groups is 1. The van der Waals surface area contributed by atoms with Crippen molar-refractivity contribution < 1.29 is 9.53 Å². The number of carbonyl (C=O) groups excluding carboxylic acids is 1. The van der Waals surface area contributed by atoms with Crippen molar-refractivity contribution in [3.05, 3.63) is 88.8 Å². The summed E-state index contributed by atoms with van der Waals surface area (Å²) >= 11 is 3.00. The summed E-state index contributed by atoms with van der Waals surface area (Å²) in [5.41, 5.74) is 2.94. The largest absolute Gasteiger partial charge is 0.497 e. The maximum Gasteiger partial charge on any atom is 0.289 e. The minimum Gasteiger partial charge on any atom is -0.497 e. The Balaban J connectivity index is 1.52. The van der Waals surface area contributed by atoms with Crippen molar-refractivity contribution in [2.24, 2.45) is 4.99 Å². The number of amides is 1. The molecule has 0 fully saturated rings. The molecule has 2 aliphatic heterocycles. The quantitative estimate of drug-likeness (QED) is 0.470. The summed E-state index contributed by atoms with van der Waals surface area (Å²) in [6.45, 7) is 0. The first kappa shape index (κ1) is 19.8. The molecule has 0 spiro atoms. The fourth-order valence-electron chi connectivity index (χ4n) is 3.50. The van der Waals surface area contributed by atoms with Crippen molar-refractivity contribution in [1.82, 2.24) is 0 Å². The topological polar surface area (TPSA) is 45.1 Å². The van der Waals surface area contributed by atoms with Crippen molar-refractivity contribution in [1.29, 1.82) is 0 Å². The smallest absolute Gasteiger partial charge is 0.289 e. The molecular formula is C24H19N3O2S2. The van der Waals surface area contributed by atoms with E-state index in [1.165, 1.54) is 11.8 Å². The molecule has 0 unspecified atom stereocenters. The molecule has 0 aliphatic carbocycles. The van der Waals surface area contributed by atoms with Gasteiger partial charge in [-0.15, -0.1) is 0 Å². The molecule has 154 valence electrons. The van der Waals surface area contributed by atoms with E-state index in [2.05, 4.69) is 4.99 Å². The van der Waals surface area contributed by atoms with Crippen molar-refractivity contribution in [3.8, 4) is 5.75 Å². The third-order valence-electron chi connectivity index (χ3n) is 5.04. The number of methoxy groups -OCH3 is 1. The third-order valence-corrected chi connectivity index (χ3v) is 7.43. The van der Waals surface area contributed by atoms with E-state index in [1.54, 1.807) is 18.9 Å². The van der Waals surface area contributed by atoms with Crippen molar-refractivity contribution in [3.63, 3.8) is 0 Å². The summed E-state index contributed by atoms with van der Waals surface area (Å²) < 4.78 is 5.36. The normalized spacial score (nSPS) is 17.5. The molecule has 0 saturated carbocycles. The Morgan fingerprint density at radius 3 is 2.16 bits per heavy atom. The van der Waals surface area contributed by atoms with Crippen molar-refractivity contribution >= 4 is 51.7 Å². The van der Waals surface area contributed by atoms with Gasteiger partial charge in [0.25, 0.3) is 5.91 Å². The number of fused-ring (bicyclic) bond motifs is 1. The van der Waals surface area contributed by atoms with Crippen LogP contribution >= 0.6 is 23.5 Å². The first-order valence-corrected chi connectivity index (χ1v) is 11.3. The highest BCUT2D eigenvalue weighted by atomic mass is 32.2. The average molecular weight is 446 g/mol. The zero-order valence-electron chi connectivity index (χ0n) is 17.0. The highest BCUT2D eigenvalue weighted by Crippen LogP contribution is 2.50. The fraction of sp³-hybridized carbons (Fsp3) is 0.0833. The Morgan fingerprint density at radius 2 is 1.55 bits per heavy atom. The monoisotopic (exact) mass is 445 g/mol. The number of thioether (sulfide) groups is 2. The minimum atomic E-state index is -0.217. The van der Waals surface area contributed by atoms with Crippen LogP contribution in [0.1, 0.15) is 0 Å². The second-order valence-electron chi connectivity index (χ2n) is 6.94. The van der Waals surface area contributed by atoms with E-state index in [0.717, 1.165) is 32.7 Å². The molecule has 0 atom stereocenters. The van der Waals surface area contributed by atoms with Crippen LogP contribution < -0.4 is 14.5 Å². The first-order chi connectivity index (χ1) is 15.2. The molecule has 0 saturated heterocycles. The number of rotatable bonds is 3. The molecule has 7 heteroatoms. The molecule has 0 N–H and O–H groups in total. The van der Waals surface area contributed by atoms with Gasteiger partial charge in [-0.3, -0.25) is 9.69 Å². The third kappa shape index (κ3) is 3.60. The molecule has 0 radical (unpaired) electrons. The van der Waals surface area contributed by atoms with Crippen LogP contribution in [0.2, 0.25) is 0 Å². The lowest BCUT2D eigenvalue weighted by atomic mass is 10.2. The molecule has 3 aromatic carbocycles. The second-order valence-corrected chi connectivity index (χ2v) is 8.95. The van der Waals surface area contributed by atoms with Crippen LogP contribution in [0.25, 0.3) is 0 Å². The molecular weight excluding hydrogens is 426 g/mol. The van der Waals surface area contributed by atoms with Crippen LogP contribution in [-0.2, 0) is 4.79 Å². The lowest BCUT2D eigenvalue weighted by Crippen LogP contribution is -2.21. The lowest BCUT2D eigenvalue weighted by Gasteiger charge is -2.24. The zero-order chi connectivity index (χ0) is 21.4. The number of ether oxygens (including phenoxy) is 1. The predicted octanol–water partition coefficient (Wildman–Crippen LogP) is 5.87. The van der Waals surface area contributed by atoms with Gasteiger partial charge in [-0.05, 0) is 48.2 Å². The molecule has 2 aliphatic rings. The second kappa shape index (κ2) is 8.17. The Kier molecular flexibility index (Phi) is 5.21. The van der Waals surface area contributed by atoms with Gasteiger partial charge in [0.1, 0.15) is 10.7 Å². The lowest BCUT2D eigenvalue weighted by molar-refractivity contribution is -0.113. The number of aliphatic imine (C=N–C) groups is 1. The summed E-state index contributed by atoms with van der Waals surface area (Å²) in [5, 5.41) is 1.53. The van der Waals surface area contributed by atoms with Gasteiger partial charge in [0.05, 0.1) is 17.8 Å². The van der Waals surface area contributed by atoms with E-state index < -0.39 is 0 Å². The Morgan fingerprint density at radius 1 is 0.903 bits per heavy atom. The van der Waals surface area contributed by atoms with E-state index in [4.69, 9.17) is 4.74 Å². The number of nitrogens with zero attached hydrogens (tertiary/aromatic N) is 3. The predicted molar refractivity (Wildman–Crippen MR) is 129 cm³/mol. The minimum absolute atomic E-state index is 0.217. The summed E-state index contributed by atoms with van der Waals surface area (Å²) in [6.07, 6.45) is 0. The van der Waals surface area contributed by atoms with E-state index in [0.29, 0.717) is 10.1 Å². The molecule has 5 nitrogen and oxygen atoms in total. The molecule has 5 rings (SSSR count). The molecule has 3 aromatic rings. The number of anilines is 3. The van der Waals surface area contributed by atoms with Gasteiger partial charge in [-0.2, -0.15) is 4.99 Å². The zero-order valence-corrected chi connectivity index (χ0v) is 18.6. The number of para-hydroxylation sites is 2. The van der Waals surface area contributed by atoms with Gasteiger partial charge >= 0.3 is 0 Å². The number of benzene rings is 3. The summed E-state index contributed by atoms with van der Waals surface area (Å²) in [7, 11) is 3.63. The van der Waals surface area contributed by atoms with Gasteiger partial charge in [0.2, 0.25) is 0 Å². The maximum absolute atomic E-state index is 13.0. The highest BCUT2D eigenvalue weighted by molar-refractivity contribution is 8.19. The van der Waals surface area contributed by atoms with Crippen LogP contribution in [0.5, 0.6) is 5.75 Å². The average Bonchev–Trinajstić information content (AvgIpc) is 3.34. The van der Waals surface area contributed by atoms with Gasteiger partial charge in [-0.25, -0.2) is 0 Å². The first-order valence-electron chi connectivity index (χ1n) is 9.70. The Bertz CT molecular complexity index is 1170.